The molecule has 0 heterocycles. The third-order valence-corrected chi connectivity index (χ3v) is 8.44. The zero-order chi connectivity index (χ0) is 15.1. The summed E-state index contributed by atoms with van der Waals surface area (Å²) in [6.45, 7) is 17.3. The predicted octanol–water partition coefficient (Wildman–Crippen LogP) is 4.67. The highest BCUT2D eigenvalue weighted by Crippen LogP contribution is 2.38. The second-order valence-electron chi connectivity index (χ2n) is 6.79. The third kappa shape index (κ3) is 7.09. The monoisotopic (exact) mass is 284 g/mol. The molecule has 2 nitrogen and oxygen atoms in total. The number of hydrogen-bond donors (Lipinski definition) is 1. The van der Waals surface area contributed by atoms with Crippen LogP contribution < -0.4 is 0 Å². The van der Waals surface area contributed by atoms with Crippen LogP contribution in [0.3, 0.4) is 0 Å². The molecule has 1 atom stereocenters. The summed E-state index contributed by atoms with van der Waals surface area (Å²) in [6, 6.07) is 0. The summed E-state index contributed by atoms with van der Waals surface area (Å²) in [7, 11) is -1.76. The molecule has 3 heteroatoms. The van der Waals surface area contributed by atoms with E-state index in [1.54, 1.807) is 0 Å². The van der Waals surface area contributed by atoms with Crippen LogP contribution in [-0.4, -0.2) is 26.1 Å². The highest BCUT2D eigenvalue weighted by Gasteiger charge is 2.38. The molecule has 19 heavy (non-hydrogen) atoms. The van der Waals surface area contributed by atoms with Gasteiger partial charge >= 0.3 is 0 Å². The number of hydrogen-bond acceptors (Lipinski definition) is 2. The van der Waals surface area contributed by atoms with E-state index in [1.165, 1.54) is 5.57 Å². The van der Waals surface area contributed by atoms with Gasteiger partial charge in [-0.25, -0.2) is 0 Å². The van der Waals surface area contributed by atoms with Gasteiger partial charge in [0.2, 0.25) is 0 Å². The van der Waals surface area contributed by atoms with E-state index in [-0.39, 0.29) is 17.7 Å². The van der Waals surface area contributed by atoms with Gasteiger partial charge in [-0.15, -0.1) is 6.58 Å². The number of allylic oxidation sites excluding steroid dienone is 2. The van der Waals surface area contributed by atoms with Crippen molar-refractivity contribution in [3.8, 4) is 0 Å². The smallest absolute Gasteiger partial charge is 0.192 e. The molecule has 0 aromatic carbocycles. The first-order valence-electron chi connectivity index (χ1n) is 7.19. The molecule has 0 amide bonds. The fraction of sp³-hybridized carbons (Fsp3) is 0.750. The average Bonchev–Trinajstić information content (AvgIpc) is 2.24. The summed E-state index contributed by atoms with van der Waals surface area (Å²) in [5, 5.41) is 9.43. The van der Waals surface area contributed by atoms with Gasteiger partial charge in [-0.1, -0.05) is 38.5 Å². The molecule has 0 radical (unpaired) electrons. The van der Waals surface area contributed by atoms with Gasteiger partial charge in [0.1, 0.15) is 0 Å². The van der Waals surface area contributed by atoms with E-state index in [9.17, 15) is 5.11 Å². The maximum atomic E-state index is 9.23. The Kier molecular flexibility index (Phi) is 7.87. The first kappa shape index (κ1) is 18.6. The van der Waals surface area contributed by atoms with Gasteiger partial charge in [-0.2, -0.15) is 0 Å². The van der Waals surface area contributed by atoms with Crippen LogP contribution in [-0.2, 0) is 4.43 Å². The molecule has 0 aliphatic rings. The minimum Gasteiger partial charge on any atom is -0.414 e. The van der Waals surface area contributed by atoms with Gasteiger partial charge in [-0.05, 0) is 44.3 Å². The normalized spacial score (nSPS) is 15.4. The molecule has 112 valence electrons. The van der Waals surface area contributed by atoms with Crippen molar-refractivity contribution in [2.75, 3.05) is 6.61 Å². The zero-order valence-corrected chi connectivity index (χ0v) is 14.6. The topological polar surface area (TPSA) is 29.5 Å². The fourth-order valence-corrected chi connectivity index (χ4v) is 3.06. The van der Waals surface area contributed by atoms with Crippen LogP contribution in [0.25, 0.3) is 0 Å². The number of aliphatic hydroxyl groups is 1. The first-order valence-corrected chi connectivity index (χ1v) is 10.1. The standard InChI is InChI=1S/C16H32O2Si/c1-8-9-10-14(2)13-15(11-12-17)18-19(6,7)16(3,4)5/h8,10,15,17H,1,9,11-13H2,2-7H3/b14-10+/t15-/m0/s1. The molecule has 0 rings (SSSR count). The fourth-order valence-electron chi connectivity index (χ4n) is 1.67. The molecule has 1 N–H and O–H groups in total. The summed E-state index contributed by atoms with van der Waals surface area (Å²) in [4.78, 5) is 0. The van der Waals surface area contributed by atoms with E-state index in [0.29, 0.717) is 6.42 Å². The predicted molar refractivity (Wildman–Crippen MR) is 87.0 cm³/mol. The number of rotatable bonds is 8. The lowest BCUT2D eigenvalue weighted by atomic mass is 10.1. The van der Waals surface area contributed by atoms with Crippen LogP contribution in [0.2, 0.25) is 18.1 Å². The van der Waals surface area contributed by atoms with Crippen molar-refractivity contribution in [2.45, 2.75) is 71.2 Å². The van der Waals surface area contributed by atoms with Crippen LogP contribution in [0, 0.1) is 0 Å². The molecule has 0 spiro atoms. The Balaban J connectivity index is 4.70. The largest absolute Gasteiger partial charge is 0.414 e. The van der Waals surface area contributed by atoms with Gasteiger partial charge in [-0.3, -0.25) is 0 Å². The molecule has 0 fully saturated rings. The first-order chi connectivity index (χ1) is 8.64. The minimum atomic E-state index is -1.76. The molecular weight excluding hydrogens is 252 g/mol. The van der Waals surface area contributed by atoms with E-state index in [1.807, 2.05) is 6.08 Å². The average molecular weight is 285 g/mol. The zero-order valence-electron chi connectivity index (χ0n) is 13.6. The molecule has 0 aromatic heterocycles. The van der Waals surface area contributed by atoms with Gasteiger partial charge in [0.15, 0.2) is 8.32 Å². The van der Waals surface area contributed by atoms with Crippen LogP contribution in [0.4, 0.5) is 0 Å². The quantitative estimate of drug-likeness (QED) is 0.518. The summed E-state index contributed by atoms with van der Waals surface area (Å²) in [5.41, 5.74) is 1.32. The Morgan fingerprint density at radius 1 is 1.37 bits per heavy atom. The Morgan fingerprint density at radius 2 is 1.95 bits per heavy atom. The van der Waals surface area contributed by atoms with Crippen LogP contribution in [0.15, 0.2) is 24.3 Å². The summed E-state index contributed by atoms with van der Waals surface area (Å²) in [6.07, 6.45) is 6.74. The van der Waals surface area contributed by atoms with Gasteiger partial charge in [0.05, 0.1) is 6.10 Å². The molecule has 0 aliphatic heterocycles. The second-order valence-corrected chi connectivity index (χ2v) is 11.5. The third-order valence-electron chi connectivity index (χ3n) is 3.90. The highest BCUT2D eigenvalue weighted by molar-refractivity contribution is 6.74. The maximum Gasteiger partial charge on any atom is 0.192 e. The summed E-state index contributed by atoms with van der Waals surface area (Å²) >= 11 is 0. The second kappa shape index (κ2) is 8.03. The lowest BCUT2D eigenvalue weighted by Gasteiger charge is -2.39. The van der Waals surface area contributed by atoms with Crippen molar-refractivity contribution in [3.63, 3.8) is 0 Å². The van der Waals surface area contributed by atoms with Crippen LogP contribution in [0.5, 0.6) is 0 Å². The van der Waals surface area contributed by atoms with E-state index in [0.717, 1.165) is 12.8 Å². The molecule has 0 aromatic rings. The highest BCUT2D eigenvalue weighted by atomic mass is 28.4. The van der Waals surface area contributed by atoms with Crippen molar-refractivity contribution in [3.05, 3.63) is 24.3 Å². The van der Waals surface area contributed by atoms with Crippen molar-refractivity contribution < 1.29 is 9.53 Å². The molecule has 0 saturated carbocycles. The maximum absolute atomic E-state index is 9.23. The summed E-state index contributed by atoms with van der Waals surface area (Å²) in [5.74, 6) is 0. The van der Waals surface area contributed by atoms with Crippen molar-refractivity contribution in [2.24, 2.45) is 0 Å². The molecule has 0 saturated heterocycles. The Morgan fingerprint density at radius 3 is 2.37 bits per heavy atom. The summed E-state index contributed by atoms with van der Waals surface area (Å²) < 4.78 is 6.41. The van der Waals surface area contributed by atoms with E-state index in [2.05, 4.69) is 53.4 Å². The number of aliphatic hydroxyl groups excluding tert-OH is 1. The Hall–Kier alpha value is -0.383. The molecule has 0 bridgehead atoms. The Labute approximate surface area is 120 Å². The SMILES string of the molecule is C=CC/C=C(\C)C[C@H](CCO)O[Si](C)(C)C(C)(C)C. The molecule has 0 aliphatic carbocycles. The van der Waals surface area contributed by atoms with Gasteiger partial charge in [0.25, 0.3) is 0 Å². The Bertz CT molecular complexity index is 300. The molecular formula is C16H32O2Si. The van der Waals surface area contributed by atoms with Gasteiger partial charge < -0.3 is 9.53 Å². The van der Waals surface area contributed by atoms with E-state index >= 15 is 0 Å². The minimum absolute atomic E-state index is 0.131. The van der Waals surface area contributed by atoms with Crippen LogP contribution in [0.1, 0.15) is 47.0 Å². The lowest BCUT2D eigenvalue weighted by Crippen LogP contribution is -2.44. The van der Waals surface area contributed by atoms with Crippen LogP contribution >= 0.6 is 0 Å². The van der Waals surface area contributed by atoms with Crippen molar-refractivity contribution in [1.29, 1.82) is 0 Å². The lowest BCUT2D eigenvalue weighted by molar-refractivity contribution is 0.139. The van der Waals surface area contributed by atoms with Gasteiger partial charge in [0, 0.05) is 6.61 Å². The molecule has 0 unspecified atom stereocenters. The van der Waals surface area contributed by atoms with Crippen molar-refractivity contribution in [1.82, 2.24) is 0 Å². The van der Waals surface area contributed by atoms with E-state index in [4.69, 9.17) is 4.43 Å². The van der Waals surface area contributed by atoms with E-state index < -0.39 is 8.32 Å². The van der Waals surface area contributed by atoms with Crippen molar-refractivity contribution >= 4 is 8.32 Å².